The highest BCUT2D eigenvalue weighted by atomic mass is 16.5. The van der Waals surface area contributed by atoms with Crippen LogP contribution >= 0.6 is 0 Å². The second kappa shape index (κ2) is 9.85. The minimum absolute atomic E-state index is 0.111. The van der Waals surface area contributed by atoms with Gasteiger partial charge < -0.3 is 10.1 Å². The summed E-state index contributed by atoms with van der Waals surface area (Å²) in [6, 6.07) is 24.6. The van der Waals surface area contributed by atoms with Crippen molar-refractivity contribution in [2.75, 3.05) is 19.5 Å². The lowest BCUT2D eigenvalue weighted by Crippen LogP contribution is -2.22. The van der Waals surface area contributed by atoms with E-state index in [9.17, 15) is 9.59 Å². The van der Waals surface area contributed by atoms with Crippen LogP contribution < -0.4 is 5.32 Å². The number of anilines is 1. The number of esters is 1. The molecule has 0 aliphatic heterocycles. The molecule has 154 valence electrons. The van der Waals surface area contributed by atoms with Crippen LogP contribution in [0.15, 0.2) is 78.9 Å². The Hall–Kier alpha value is -3.44. The average Bonchev–Trinajstić information content (AvgIpc) is 2.79. The summed E-state index contributed by atoms with van der Waals surface area (Å²) in [7, 11) is 3.41. The minimum atomic E-state index is -0.339. The number of amides is 1. The molecular weight excluding hydrogens is 376 g/mol. The van der Waals surface area contributed by atoms with E-state index in [1.54, 1.807) is 18.2 Å². The molecule has 0 saturated carbocycles. The van der Waals surface area contributed by atoms with Gasteiger partial charge in [-0.1, -0.05) is 42.5 Å². The van der Waals surface area contributed by atoms with Crippen molar-refractivity contribution in [1.82, 2.24) is 4.90 Å². The third-order valence-corrected chi connectivity index (χ3v) is 5.10. The second-order valence-electron chi connectivity index (χ2n) is 7.23. The molecule has 3 rings (SSSR count). The predicted molar refractivity (Wildman–Crippen MR) is 119 cm³/mol. The summed E-state index contributed by atoms with van der Waals surface area (Å²) in [5, 5.41) is 2.96. The van der Waals surface area contributed by atoms with Crippen LogP contribution in [0.3, 0.4) is 0 Å². The van der Waals surface area contributed by atoms with Gasteiger partial charge in [0, 0.05) is 23.8 Å². The number of methoxy groups -OCH3 is 1. The molecule has 5 nitrogen and oxygen atoms in total. The molecule has 5 heteroatoms. The van der Waals surface area contributed by atoms with Crippen molar-refractivity contribution in [2.45, 2.75) is 19.5 Å². The maximum Gasteiger partial charge on any atom is 0.337 e. The van der Waals surface area contributed by atoms with Crippen LogP contribution in [0.4, 0.5) is 5.69 Å². The van der Waals surface area contributed by atoms with E-state index in [1.165, 1.54) is 7.11 Å². The average molecular weight is 402 g/mol. The molecule has 1 amide bonds. The van der Waals surface area contributed by atoms with E-state index in [1.807, 2.05) is 67.7 Å². The zero-order valence-corrected chi connectivity index (χ0v) is 17.5. The van der Waals surface area contributed by atoms with Gasteiger partial charge in [0.15, 0.2) is 0 Å². The van der Waals surface area contributed by atoms with Gasteiger partial charge in [0.2, 0.25) is 0 Å². The number of ether oxygens (including phenoxy) is 1. The molecule has 3 aromatic carbocycles. The highest BCUT2D eigenvalue weighted by Gasteiger charge is 2.14. The molecule has 0 aliphatic rings. The van der Waals surface area contributed by atoms with Crippen LogP contribution in [-0.2, 0) is 11.3 Å². The van der Waals surface area contributed by atoms with Gasteiger partial charge in [-0.3, -0.25) is 9.69 Å². The maximum atomic E-state index is 12.4. The number of carbonyl (C=O) groups is 2. The molecule has 0 radical (unpaired) electrons. The van der Waals surface area contributed by atoms with Crippen LogP contribution in [0, 0.1) is 0 Å². The van der Waals surface area contributed by atoms with E-state index in [-0.39, 0.29) is 17.9 Å². The first kappa shape index (κ1) is 21.3. The molecule has 0 bridgehead atoms. The van der Waals surface area contributed by atoms with Gasteiger partial charge in [-0.05, 0) is 61.5 Å². The largest absolute Gasteiger partial charge is 0.465 e. The zero-order valence-electron chi connectivity index (χ0n) is 17.5. The first-order valence-electron chi connectivity index (χ1n) is 9.82. The topological polar surface area (TPSA) is 58.6 Å². The van der Waals surface area contributed by atoms with Crippen molar-refractivity contribution >= 4 is 17.6 Å². The van der Waals surface area contributed by atoms with Gasteiger partial charge in [0.25, 0.3) is 5.91 Å². The molecule has 0 aliphatic carbocycles. The molecule has 0 spiro atoms. The monoisotopic (exact) mass is 402 g/mol. The Bertz CT molecular complexity index is 1020. The van der Waals surface area contributed by atoms with Crippen molar-refractivity contribution in [3.8, 4) is 0 Å². The number of hydrogen-bond acceptors (Lipinski definition) is 4. The van der Waals surface area contributed by atoms with Crippen molar-refractivity contribution in [2.24, 2.45) is 0 Å². The maximum absolute atomic E-state index is 12.4. The molecule has 1 atom stereocenters. The number of rotatable bonds is 7. The normalized spacial score (nSPS) is 11.7. The molecule has 30 heavy (non-hydrogen) atoms. The molecule has 3 aromatic rings. The lowest BCUT2D eigenvalue weighted by molar-refractivity contribution is 0.0600. The number of nitrogens with zero attached hydrogens (tertiary/aromatic N) is 1. The van der Waals surface area contributed by atoms with Crippen molar-refractivity contribution in [3.05, 3.63) is 101 Å². The molecular formula is C25H26N2O3. The van der Waals surface area contributed by atoms with Crippen LogP contribution in [-0.4, -0.2) is 30.9 Å². The Morgan fingerprint density at radius 1 is 0.933 bits per heavy atom. The van der Waals surface area contributed by atoms with E-state index in [2.05, 4.69) is 17.1 Å². The molecule has 1 N–H and O–H groups in total. The Balaban J connectivity index is 1.69. The fraction of sp³-hybridized carbons (Fsp3) is 0.200. The summed E-state index contributed by atoms with van der Waals surface area (Å²) in [5.41, 5.74) is 4.04. The quantitative estimate of drug-likeness (QED) is 0.570. The van der Waals surface area contributed by atoms with Crippen molar-refractivity contribution < 1.29 is 14.3 Å². The van der Waals surface area contributed by atoms with E-state index >= 15 is 0 Å². The number of benzene rings is 3. The third-order valence-electron chi connectivity index (χ3n) is 5.10. The van der Waals surface area contributed by atoms with E-state index in [4.69, 9.17) is 4.74 Å². The minimum Gasteiger partial charge on any atom is -0.465 e. The molecule has 0 fully saturated rings. The van der Waals surface area contributed by atoms with E-state index in [0.29, 0.717) is 17.7 Å². The summed E-state index contributed by atoms with van der Waals surface area (Å²) in [5.74, 6) is -0.470. The summed E-state index contributed by atoms with van der Waals surface area (Å²) in [6.45, 7) is 2.79. The Kier molecular flexibility index (Phi) is 6.99. The van der Waals surface area contributed by atoms with E-state index < -0.39 is 0 Å². The standard InChI is InChI=1S/C25H26N2O3/c1-18(27(2)17-19-9-7-13-22(15-19)25(29)30-3)21-12-8-14-23(16-21)26-24(28)20-10-5-4-6-11-20/h4-16,18H,17H2,1-3H3,(H,26,28). The molecule has 1 unspecified atom stereocenters. The van der Waals surface area contributed by atoms with Crippen molar-refractivity contribution in [3.63, 3.8) is 0 Å². The molecule has 0 saturated heterocycles. The van der Waals surface area contributed by atoms with Crippen LogP contribution in [0.2, 0.25) is 0 Å². The highest BCUT2D eigenvalue weighted by Crippen LogP contribution is 2.24. The number of carbonyl (C=O) groups excluding carboxylic acids is 2. The Labute approximate surface area is 177 Å². The van der Waals surface area contributed by atoms with E-state index in [0.717, 1.165) is 16.8 Å². The summed E-state index contributed by atoms with van der Waals surface area (Å²) in [4.78, 5) is 26.4. The summed E-state index contributed by atoms with van der Waals surface area (Å²) in [6.07, 6.45) is 0. The third kappa shape index (κ3) is 5.33. The fourth-order valence-corrected chi connectivity index (χ4v) is 3.26. The van der Waals surface area contributed by atoms with Gasteiger partial charge in [0.1, 0.15) is 0 Å². The smallest absolute Gasteiger partial charge is 0.337 e. The van der Waals surface area contributed by atoms with Crippen LogP contribution in [0.25, 0.3) is 0 Å². The van der Waals surface area contributed by atoms with Gasteiger partial charge in [-0.2, -0.15) is 0 Å². The summed E-state index contributed by atoms with van der Waals surface area (Å²) >= 11 is 0. The number of hydrogen-bond donors (Lipinski definition) is 1. The first-order valence-corrected chi connectivity index (χ1v) is 9.82. The van der Waals surface area contributed by atoms with Crippen molar-refractivity contribution in [1.29, 1.82) is 0 Å². The van der Waals surface area contributed by atoms with Gasteiger partial charge in [0.05, 0.1) is 12.7 Å². The van der Waals surface area contributed by atoms with Gasteiger partial charge in [-0.15, -0.1) is 0 Å². The SMILES string of the molecule is COC(=O)c1cccc(CN(C)C(C)c2cccc(NC(=O)c3ccccc3)c2)c1. The van der Waals surface area contributed by atoms with Gasteiger partial charge in [-0.25, -0.2) is 4.79 Å². The van der Waals surface area contributed by atoms with Crippen LogP contribution in [0.5, 0.6) is 0 Å². The predicted octanol–water partition coefficient (Wildman–Crippen LogP) is 4.92. The molecule has 0 aromatic heterocycles. The van der Waals surface area contributed by atoms with Gasteiger partial charge >= 0.3 is 5.97 Å². The lowest BCUT2D eigenvalue weighted by Gasteiger charge is -2.25. The summed E-state index contributed by atoms with van der Waals surface area (Å²) < 4.78 is 4.80. The fourth-order valence-electron chi connectivity index (χ4n) is 3.26. The van der Waals surface area contributed by atoms with Crippen LogP contribution in [0.1, 0.15) is 44.8 Å². The first-order chi connectivity index (χ1) is 14.5. The second-order valence-corrected chi connectivity index (χ2v) is 7.23. The Morgan fingerprint density at radius 2 is 1.63 bits per heavy atom. The zero-order chi connectivity index (χ0) is 21.5. The molecule has 0 heterocycles. The Morgan fingerprint density at radius 3 is 2.37 bits per heavy atom. The number of nitrogens with one attached hydrogen (secondary N) is 1. The lowest BCUT2D eigenvalue weighted by atomic mass is 10.0. The highest BCUT2D eigenvalue weighted by molar-refractivity contribution is 6.04.